The van der Waals surface area contributed by atoms with Gasteiger partial charge in [-0.25, -0.2) is 4.79 Å². The van der Waals surface area contributed by atoms with E-state index in [-0.39, 0.29) is 6.61 Å². The molecule has 0 bridgehead atoms. The Balaban J connectivity index is 2.44. The zero-order chi connectivity index (χ0) is 12.3. The van der Waals surface area contributed by atoms with Gasteiger partial charge in [-0.15, -0.1) is 0 Å². The summed E-state index contributed by atoms with van der Waals surface area (Å²) in [4.78, 5) is 10.1. The fourth-order valence-electron chi connectivity index (χ4n) is 1.33. The number of hydrogen-bond donors (Lipinski definition) is 5. The lowest BCUT2D eigenvalue weighted by atomic mass is 9.99. The van der Waals surface area contributed by atoms with E-state index in [0.717, 1.165) is 0 Å². The minimum Gasteiger partial charge on any atom is -0.480 e. The molecule has 94 valence electrons. The van der Waals surface area contributed by atoms with Crippen molar-refractivity contribution in [3.63, 3.8) is 0 Å². The Morgan fingerprint density at radius 1 is 1.12 bits per heavy atom. The maximum Gasteiger partial charge on any atom is 0.329 e. The van der Waals surface area contributed by atoms with Gasteiger partial charge in [0.05, 0.1) is 6.61 Å². The van der Waals surface area contributed by atoms with Crippen molar-refractivity contribution < 1.29 is 39.8 Å². The Morgan fingerprint density at radius 3 is 2.31 bits per heavy atom. The summed E-state index contributed by atoms with van der Waals surface area (Å²) in [6.45, 7) is -0.893. The van der Waals surface area contributed by atoms with E-state index in [1.54, 1.807) is 0 Å². The molecule has 8 nitrogen and oxygen atoms in total. The number of aliphatic hydroxyl groups excluding tert-OH is 4. The molecule has 5 N–H and O–H groups in total. The van der Waals surface area contributed by atoms with Crippen LogP contribution in [0.2, 0.25) is 0 Å². The Bertz CT molecular complexity index is 244. The summed E-state index contributed by atoms with van der Waals surface area (Å²) >= 11 is 0. The van der Waals surface area contributed by atoms with E-state index in [9.17, 15) is 15.0 Å². The lowest BCUT2D eigenvalue weighted by Crippen LogP contribution is -2.58. The van der Waals surface area contributed by atoms with E-state index >= 15 is 0 Å². The molecule has 0 radical (unpaired) electrons. The average molecular weight is 238 g/mol. The van der Waals surface area contributed by atoms with Gasteiger partial charge < -0.3 is 35.0 Å². The van der Waals surface area contributed by atoms with Crippen LogP contribution in [0.25, 0.3) is 0 Å². The highest BCUT2D eigenvalue weighted by Crippen LogP contribution is 2.19. The van der Waals surface area contributed by atoms with Crippen molar-refractivity contribution in [3.05, 3.63) is 0 Å². The van der Waals surface area contributed by atoms with E-state index < -0.39 is 43.3 Å². The predicted octanol–water partition coefficient (Wildman–Crippen LogP) is -3.11. The third kappa shape index (κ3) is 3.11. The number of hydrogen-bond acceptors (Lipinski definition) is 7. The van der Waals surface area contributed by atoms with Crippen LogP contribution < -0.4 is 0 Å². The molecule has 5 atom stereocenters. The summed E-state index contributed by atoms with van der Waals surface area (Å²) < 4.78 is 9.39. The molecule has 1 aliphatic rings. The third-order valence-corrected chi connectivity index (χ3v) is 2.19. The topological polar surface area (TPSA) is 137 Å². The first-order chi connectivity index (χ1) is 7.43. The third-order valence-electron chi connectivity index (χ3n) is 2.19. The highest BCUT2D eigenvalue weighted by atomic mass is 16.6. The molecule has 0 spiro atoms. The number of carbonyl (C=O) groups is 1. The van der Waals surface area contributed by atoms with Gasteiger partial charge in [0.25, 0.3) is 0 Å². The summed E-state index contributed by atoms with van der Waals surface area (Å²) in [5, 5.41) is 45.2. The minimum atomic E-state index is -1.64. The molecule has 0 saturated carbocycles. The second-order valence-corrected chi connectivity index (χ2v) is 3.45. The first kappa shape index (κ1) is 13.3. The summed E-state index contributed by atoms with van der Waals surface area (Å²) in [6.07, 6.45) is -7.36. The second kappa shape index (κ2) is 5.53. The van der Waals surface area contributed by atoms with Gasteiger partial charge >= 0.3 is 5.97 Å². The number of aliphatic carboxylic acids is 1. The minimum absolute atomic E-state index is 0.311. The number of carboxylic acid groups (broad SMARTS) is 1. The molecule has 1 aliphatic heterocycles. The van der Waals surface area contributed by atoms with Gasteiger partial charge in [0.15, 0.2) is 6.29 Å². The summed E-state index contributed by atoms with van der Waals surface area (Å²) in [6, 6.07) is 0. The van der Waals surface area contributed by atoms with E-state index in [1.807, 2.05) is 0 Å². The first-order valence-electron chi connectivity index (χ1n) is 4.60. The van der Waals surface area contributed by atoms with Crippen molar-refractivity contribution >= 4 is 5.97 Å². The van der Waals surface area contributed by atoms with Gasteiger partial charge in [0, 0.05) is 0 Å². The molecule has 0 aromatic heterocycles. The molecule has 0 aromatic carbocycles. The van der Waals surface area contributed by atoms with Crippen molar-refractivity contribution in [2.75, 3.05) is 13.2 Å². The van der Waals surface area contributed by atoms with Crippen LogP contribution in [0, 0.1) is 0 Å². The maximum atomic E-state index is 10.1. The molecule has 1 heterocycles. The zero-order valence-electron chi connectivity index (χ0n) is 8.26. The van der Waals surface area contributed by atoms with Crippen molar-refractivity contribution in [1.82, 2.24) is 0 Å². The zero-order valence-corrected chi connectivity index (χ0v) is 8.26. The Labute approximate surface area is 90.6 Å². The molecule has 0 aromatic rings. The normalized spacial score (nSPS) is 39.6. The number of aliphatic hydroxyl groups is 4. The molecule has 0 aliphatic carbocycles. The van der Waals surface area contributed by atoms with Crippen molar-refractivity contribution in [1.29, 1.82) is 0 Å². The lowest BCUT2D eigenvalue weighted by Gasteiger charge is -2.38. The van der Waals surface area contributed by atoms with E-state index in [4.69, 9.17) is 20.1 Å². The smallest absolute Gasteiger partial charge is 0.329 e. The monoisotopic (exact) mass is 238 g/mol. The fraction of sp³-hybridized carbons (Fsp3) is 0.875. The van der Waals surface area contributed by atoms with E-state index in [1.165, 1.54) is 0 Å². The van der Waals surface area contributed by atoms with Gasteiger partial charge in [-0.2, -0.15) is 0 Å². The largest absolute Gasteiger partial charge is 0.480 e. The molecule has 1 saturated heterocycles. The van der Waals surface area contributed by atoms with Gasteiger partial charge in [0.1, 0.15) is 31.0 Å². The average Bonchev–Trinajstić information content (AvgIpc) is 2.22. The SMILES string of the molecule is O=C(O)COC[C@H]1O[C@H](O)[C@H](O)[C@H](O)[C@@H]1O. The molecule has 0 amide bonds. The molecule has 16 heavy (non-hydrogen) atoms. The number of rotatable bonds is 4. The molecule has 8 heteroatoms. The Kier molecular flexibility index (Phi) is 4.59. The quantitative estimate of drug-likeness (QED) is 0.347. The van der Waals surface area contributed by atoms with Gasteiger partial charge in [-0.05, 0) is 0 Å². The maximum absolute atomic E-state index is 10.1. The van der Waals surface area contributed by atoms with Crippen LogP contribution in [-0.4, -0.2) is 75.4 Å². The predicted molar refractivity (Wildman–Crippen MR) is 47.4 cm³/mol. The second-order valence-electron chi connectivity index (χ2n) is 3.45. The van der Waals surface area contributed by atoms with Crippen LogP contribution in [0.4, 0.5) is 0 Å². The standard InChI is InChI=1S/C8H14O8/c9-4(10)2-15-1-3-5(11)6(12)7(13)8(14)16-3/h3,5-8,11-14H,1-2H2,(H,9,10)/t3-,5-,6-,7-,8+/m1/s1. The van der Waals surface area contributed by atoms with Gasteiger partial charge in [-0.1, -0.05) is 0 Å². The summed E-state index contributed by atoms with van der Waals surface area (Å²) in [5.41, 5.74) is 0. The van der Waals surface area contributed by atoms with Crippen molar-refractivity contribution in [2.45, 2.75) is 30.7 Å². The van der Waals surface area contributed by atoms with Crippen LogP contribution in [0.5, 0.6) is 0 Å². The molecule has 1 rings (SSSR count). The summed E-state index contributed by atoms with van der Waals surface area (Å²) in [7, 11) is 0. The van der Waals surface area contributed by atoms with Crippen LogP contribution in [-0.2, 0) is 14.3 Å². The molecular weight excluding hydrogens is 224 g/mol. The highest BCUT2D eigenvalue weighted by molar-refractivity contribution is 5.67. The van der Waals surface area contributed by atoms with E-state index in [0.29, 0.717) is 0 Å². The van der Waals surface area contributed by atoms with Crippen LogP contribution in [0.1, 0.15) is 0 Å². The Hall–Kier alpha value is -0.770. The van der Waals surface area contributed by atoms with Gasteiger partial charge in [0.2, 0.25) is 0 Å². The lowest BCUT2D eigenvalue weighted by molar-refractivity contribution is -0.288. The summed E-state index contributed by atoms with van der Waals surface area (Å²) in [5.74, 6) is -1.19. The Morgan fingerprint density at radius 2 is 1.75 bits per heavy atom. The van der Waals surface area contributed by atoms with Crippen LogP contribution in [0.15, 0.2) is 0 Å². The number of ether oxygens (including phenoxy) is 2. The van der Waals surface area contributed by atoms with E-state index in [2.05, 4.69) is 4.74 Å². The molecule has 1 fully saturated rings. The highest BCUT2D eigenvalue weighted by Gasteiger charge is 2.42. The molecule has 0 unspecified atom stereocenters. The van der Waals surface area contributed by atoms with Crippen molar-refractivity contribution in [2.24, 2.45) is 0 Å². The molecular formula is C8H14O8. The van der Waals surface area contributed by atoms with Crippen molar-refractivity contribution in [3.8, 4) is 0 Å². The van der Waals surface area contributed by atoms with Crippen LogP contribution in [0.3, 0.4) is 0 Å². The van der Waals surface area contributed by atoms with Crippen LogP contribution >= 0.6 is 0 Å². The van der Waals surface area contributed by atoms with Gasteiger partial charge in [-0.3, -0.25) is 0 Å². The number of carboxylic acids is 1. The fourth-order valence-corrected chi connectivity index (χ4v) is 1.33. The first-order valence-corrected chi connectivity index (χ1v) is 4.60.